The van der Waals surface area contributed by atoms with Gasteiger partial charge in [0.2, 0.25) is 5.82 Å². The van der Waals surface area contributed by atoms with E-state index >= 15 is 0 Å². The zero-order chi connectivity index (χ0) is 30.7. The van der Waals surface area contributed by atoms with E-state index in [1.165, 1.54) is 19.2 Å². The lowest BCUT2D eigenvalue weighted by molar-refractivity contribution is -0.128. The van der Waals surface area contributed by atoms with Gasteiger partial charge in [-0.15, -0.1) is 0 Å². The number of methoxy groups -OCH3 is 2. The first kappa shape index (κ1) is 29.6. The number of fused-ring (bicyclic) bond motifs is 1. The van der Waals surface area contributed by atoms with Crippen molar-refractivity contribution in [2.45, 2.75) is 39.7 Å². The molecule has 2 aromatic heterocycles. The molecule has 10 heteroatoms. The Bertz CT molecular complexity index is 1720. The van der Waals surface area contributed by atoms with Gasteiger partial charge in [0.05, 0.1) is 31.8 Å². The minimum absolute atomic E-state index is 0.0593. The smallest absolute Gasteiger partial charge is 0.264 e. The Labute approximate surface area is 250 Å². The molecule has 1 atom stereocenters. The summed E-state index contributed by atoms with van der Waals surface area (Å²) >= 11 is 0. The van der Waals surface area contributed by atoms with Crippen molar-refractivity contribution in [3.05, 3.63) is 72.3 Å². The number of carbonyl (C=O) groups excluding carboxylic acids is 1. The van der Waals surface area contributed by atoms with Crippen LogP contribution in [0.4, 0.5) is 4.39 Å². The monoisotopic (exact) mass is 583 g/mol. The predicted molar refractivity (Wildman–Crippen MR) is 161 cm³/mol. The minimum Gasteiger partial charge on any atom is -0.494 e. The minimum atomic E-state index is -0.576. The summed E-state index contributed by atoms with van der Waals surface area (Å²) in [6.07, 6.45) is 6.69. The number of piperidine rings is 1. The topological polar surface area (TPSA) is 102 Å². The van der Waals surface area contributed by atoms with Crippen molar-refractivity contribution in [1.82, 2.24) is 19.7 Å². The number of nitrogens with zero attached hydrogens (tertiary/aromatic N) is 5. The molecule has 222 valence electrons. The molecular weight excluding hydrogens is 549 g/mol. The highest BCUT2D eigenvalue weighted by Gasteiger charge is 2.30. The lowest BCUT2D eigenvalue weighted by Crippen LogP contribution is -2.41. The highest BCUT2D eigenvalue weighted by atomic mass is 19.1. The molecule has 1 saturated heterocycles. The van der Waals surface area contributed by atoms with Crippen molar-refractivity contribution < 1.29 is 23.4 Å². The lowest BCUT2D eigenvalue weighted by Gasteiger charge is -2.33. The number of rotatable bonds is 7. The molecule has 4 aromatic rings. The summed E-state index contributed by atoms with van der Waals surface area (Å²) in [5, 5.41) is 15.5. The Morgan fingerprint density at radius 1 is 1.07 bits per heavy atom. The van der Waals surface area contributed by atoms with Gasteiger partial charge in [-0.3, -0.25) is 14.5 Å². The highest BCUT2D eigenvalue weighted by molar-refractivity contribution is 5.98. The van der Waals surface area contributed by atoms with Gasteiger partial charge in [0.1, 0.15) is 28.6 Å². The van der Waals surface area contributed by atoms with Crippen molar-refractivity contribution in [2.75, 3.05) is 27.3 Å². The number of aromatic nitrogens is 3. The van der Waals surface area contributed by atoms with Gasteiger partial charge in [-0.25, -0.2) is 0 Å². The van der Waals surface area contributed by atoms with Gasteiger partial charge in [0, 0.05) is 24.8 Å². The molecule has 5 rings (SSSR count). The van der Waals surface area contributed by atoms with Crippen LogP contribution >= 0.6 is 0 Å². The second-order valence-corrected chi connectivity index (χ2v) is 11.5. The first-order valence-corrected chi connectivity index (χ1v) is 14.1. The van der Waals surface area contributed by atoms with E-state index in [1.54, 1.807) is 48.7 Å². The van der Waals surface area contributed by atoms with Crippen LogP contribution in [0.1, 0.15) is 39.7 Å². The van der Waals surface area contributed by atoms with Crippen LogP contribution in [0.15, 0.2) is 66.5 Å². The fraction of sp³-hybridized carbons (Fsp3) is 0.333. The fourth-order valence-corrected chi connectivity index (χ4v) is 5.30. The number of likely N-dealkylation sites (tertiary alicyclic amines) is 1. The van der Waals surface area contributed by atoms with Crippen LogP contribution in [0, 0.1) is 22.6 Å². The molecule has 43 heavy (non-hydrogen) atoms. The van der Waals surface area contributed by atoms with Crippen molar-refractivity contribution in [3.63, 3.8) is 0 Å². The summed E-state index contributed by atoms with van der Waals surface area (Å²) in [6.45, 7) is 6.86. The van der Waals surface area contributed by atoms with Gasteiger partial charge in [0.25, 0.3) is 5.91 Å². The summed E-state index contributed by atoms with van der Waals surface area (Å²) in [7, 11) is 2.99. The number of pyridine rings is 1. The van der Waals surface area contributed by atoms with Gasteiger partial charge in [0.15, 0.2) is 17.2 Å². The van der Waals surface area contributed by atoms with E-state index in [9.17, 15) is 14.4 Å². The molecule has 1 aliphatic heterocycles. The second-order valence-electron chi connectivity index (χ2n) is 11.5. The summed E-state index contributed by atoms with van der Waals surface area (Å²) in [6, 6.07) is 13.9. The van der Waals surface area contributed by atoms with E-state index in [0.29, 0.717) is 30.3 Å². The first-order chi connectivity index (χ1) is 20.6. The van der Waals surface area contributed by atoms with Gasteiger partial charge in [-0.2, -0.15) is 14.8 Å². The van der Waals surface area contributed by atoms with Crippen LogP contribution < -0.4 is 14.2 Å². The summed E-state index contributed by atoms with van der Waals surface area (Å²) in [5.41, 5.74) is 2.12. The predicted octanol–water partition coefficient (Wildman–Crippen LogP) is 6.71. The molecule has 0 saturated carbocycles. The maximum Gasteiger partial charge on any atom is 0.264 e. The van der Waals surface area contributed by atoms with Crippen LogP contribution in [-0.4, -0.2) is 52.9 Å². The second kappa shape index (κ2) is 12.1. The van der Waals surface area contributed by atoms with Crippen LogP contribution in [0.3, 0.4) is 0 Å². The molecule has 2 aromatic carbocycles. The van der Waals surface area contributed by atoms with Crippen molar-refractivity contribution in [1.29, 1.82) is 5.26 Å². The van der Waals surface area contributed by atoms with E-state index in [4.69, 9.17) is 19.3 Å². The largest absolute Gasteiger partial charge is 0.494 e. The molecule has 1 unspecified atom stereocenters. The SMILES string of the molecule is COc1cccc(Oc2ccc(-c3nn(C4CCCN(C(=O)C(C#N)=CC(C)(C)C)C4)c4c(OC)cncc34)cc2)c1F. The molecule has 1 aliphatic rings. The summed E-state index contributed by atoms with van der Waals surface area (Å²) in [5.74, 6) is 0.337. The number of nitriles is 1. The summed E-state index contributed by atoms with van der Waals surface area (Å²) < 4.78 is 33.1. The number of halogens is 1. The zero-order valence-corrected chi connectivity index (χ0v) is 24.9. The molecule has 1 fully saturated rings. The standard InChI is InChI=1S/C33H34FN5O4/c1-33(2,3)16-22(17-35)32(40)38-15-7-8-23(20-38)39-31-25(18-36-19-28(31)42-5)30(37-39)21-11-13-24(14-12-21)43-27-10-6-9-26(41-4)29(27)34/h6,9-14,16,18-19,23H,7-8,15,20H2,1-5H3. The molecule has 3 heterocycles. The number of hydrogen-bond acceptors (Lipinski definition) is 7. The third kappa shape index (κ3) is 6.16. The number of allylic oxidation sites excluding steroid dienone is 1. The summed E-state index contributed by atoms with van der Waals surface area (Å²) in [4.78, 5) is 19.5. The Hall–Kier alpha value is -4.91. The number of hydrogen-bond donors (Lipinski definition) is 0. The van der Waals surface area contributed by atoms with Crippen LogP contribution in [0.5, 0.6) is 23.0 Å². The Morgan fingerprint density at radius 3 is 2.47 bits per heavy atom. The molecule has 1 amide bonds. The first-order valence-electron chi connectivity index (χ1n) is 14.1. The Kier molecular flexibility index (Phi) is 8.35. The molecular formula is C33H34FN5O4. The van der Waals surface area contributed by atoms with Gasteiger partial charge in [-0.05, 0) is 54.7 Å². The average molecular weight is 584 g/mol. The number of ether oxygens (including phenoxy) is 3. The fourth-order valence-electron chi connectivity index (χ4n) is 5.30. The van der Waals surface area contributed by atoms with E-state index in [1.807, 2.05) is 37.6 Å². The average Bonchev–Trinajstić information content (AvgIpc) is 3.40. The van der Waals surface area contributed by atoms with Gasteiger partial charge in [-0.1, -0.05) is 32.9 Å². The third-order valence-electron chi connectivity index (χ3n) is 7.26. The Morgan fingerprint density at radius 2 is 1.79 bits per heavy atom. The number of benzene rings is 2. The maximum absolute atomic E-state index is 14.6. The number of carbonyl (C=O) groups is 1. The quantitative estimate of drug-likeness (QED) is 0.176. The Balaban J connectivity index is 1.47. The van der Waals surface area contributed by atoms with E-state index < -0.39 is 5.82 Å². The maximum atomic E-state index is 14.6. The van der Waals surface area contributed by atoms with Crippen molar-refractivity contribution >= 4 is 16.8 Å². The third-order valence-corrected chi connectivity index (χ3v) is 7.26. The molecule has 9 nitrogen and oxygen atoms in total. The number of amides is 1. The lowest BCUT2D eigenvalue weighted by atomic mass is 9.93. The van der Waals surface area contributed by atoms with Gasteiger partial charge >= 0.3 is 0 Å². The van der Waals surface area contributed by atoms with Crippen LogP contribution in [0.2, 0.25) is 0 Å². The molecule has 0 spiro atoms. The zero-order valence-electron chi connectivity index (χ0n) is 24.9. The van der Waals surface area contributed by atoms with Crippen molar-refractivity contribution in [3.8, 4) is 40.3 Å². The van der Waals surface area contributed by atoms with E-state index in [2.05, 4.69) is 11.1 Å². The van der Waals surface area contributed by atoms with Crippen LogP contribution in [-0.2, 0) is 4.79 Å². The van der Waals surface area contributed by atoms with Crippen LogP contribution in [0.25, 0.3) is 22.2 Å². The van der Waals surface area contributed by atoms with E-state index in [0.717, 1.165) is 29.3 Å². The molecule has 0 bridgehead atoms. The molecule has 0 N–H and O–H groups in total. The van der Waals surface area contributed by atoms with Gasteiger partial charge < -0.3 is 19.1 Å². The highest BCUT2D eigenvalue weighted by Crippen LogP contribution is 2.38. The molecule has 0 radical (unpaired) electrons. The molecule has 0 aliphatic carbocycles. The van der Waals surface area contributed by atoms with E-state index in [-0.39, 0.29) is 34.4 Å². The normalized spacial score (nSPS) is 15.7. The van der Waals surface area contributed by atoms with Crippen molar-refractivity contribution in [2.24, 2.45) is 5.41 Å².